The number of aromatic nitrogens is 2. The Morgan fingerprint density at radius 3 is 3.12 bits per heavy atom. The van der Waals surface area contributed by atoms with Gasteiger partial charge >= 0.3 is 0 Å². The maximum Gasteiger partial charge on any atom is 0.226 e. The number of hydrogen-bond donors (Lipinski definition) is 1. The van der Waals surface area contributed by atoms with Gasteiger partial charge in [-0.25, -0.2) is 4.98 Å². The third kappa shape index (κ3) is 3.57. The minimum Gasteiger partial charge on any atom is -0.360 e. The summed E-state index contributed by atoms with van der Waals surface area (Å²) in [6, 6.07) is 10.3. The molecule has 0 bridgehead atoms. The van der Waals surface area contributed by atoms with Crippen LogP contribution in [0.25, 0.3) is 10.2 Å². The second kappa shape index (κ2) is 6.93. The van der Waals surface area contributed by atoms with Gasteiger partial charge in [-0.3, -0.25) is 9.69 Å². The van der Waals surface area contributed by atoms with E-state index in [1.165, 1.54) is 4.70 Å². The molecule has 3 heterocycles. The lowest BCUT2D eigenvalue weighted by Gasteiger charge is -2.22. The van der Waals surface area contributed by atoms with Gasteiger partial charge in [0.15, 0.2) is 5.82 Å². The van der Waals surface area contributed by atoms with E-state index in [0.29, 0.717) is 24.0 Å². The Hall–Kier alpha value is -2.25. The van der Waals surface area contributed by atoms with Gasteiger partial charge < -0.3 is 9.84 Å². The third-order valence-corrected chi connectivity index (χ3v) is 5.62. The zero-order chi connectivity index (χ0) is 17.2. The van der Waals surface area contributed by atoms with Crippen molar-refractivity contribution < 1.29 is 9.32 Å². The van der Waals surface area contributed by atoms with Crippen LogP contribution in [0.3, 0.4) is 0 Å². The molecule has 1 saturated heterocycles. The second-order valence-corrected chi connectivity index (χ2v) is 7.40. The Balaban J connectivity index is 1.38. The summed E-state index contributed by atoms with van der Waals surface area (Å²) in [6.45, 7) is 3.54. The Labute approximate surface area is 149 Å². The summed E-state index contributed by atoms with van der Waals surface area (Å²) in [4.78, 5) is 19.3. The summed E-state index contributed by atoms with van der Waals surface area (Å²) in [7, 11) is 0. The van der Waals surface area contributed by atoms with Gasteiger partial charge in [-0.1, -0.05) is 17.3 Å². The van der Waals surface area contributed by atoms with E-state index < -0.39 is 0 Å². The molecule has 3 aromatic rings. The number of thiazole rings is 1. The highest BCUT2D eigenvalue weighted by molar-refractivity contribution is 7.18. The fourth-order valence-electron chi connectivity index (χ4n) is 3.28. The zero-order valence-corrected chi connectivity index (χ0v) is 14.9. The molecule has 0 unspecified atom stereocenters. The van der Waals surface area contributed by atoms with Crippen LogP contribution in [0.2, 0.25) is 0 Å². The summed E-state index contributed by atoms with van der Waals surface area (Å²) in [5.41, 5.74) is 1.06. The standard InChI is InChI=1S/C18H20N4O2S/c1-12-11-16(21-24-12)20-17(23)8-10-22-9-4-6-14(22)18-19-13-5-2-3-7-15(13)25-18/h2-3,5,7,11,14H,4,6,8-10H2,1H3,(H,20,21,23)/t14-/m0/s1. The molecule has 0 spiro atoms. The molecule has 0 aliphatic carbocycles. The molecule has 1 amide bonds. The van der Waals surface area contributed by atoms with Crippen LogP contribution in [0.1, 0.15) is 36.1 Å². The van der Waals surface area contributed by atoms with Crippen LogP contribution < -0.4 is 5.32 Å². The van der Waals surface area contributed by atoms with Crippen LogP contribution in [0.4, 0.5) is 5.82 Å². The number of benzene rings is 1. The fraction of sp³-hybridized carbons (Fsp3) is 0.389. The molecule has 1 fully saturated rings. The number of anilines is 1. The second-order valence-electron chi connectivity index (χ2n) is 6.33. The van der Waals surface area contributed by atoms with E-state index in [-0.39, 0.29) is 5.91 Å². The lowest BCUT2D eigenvalue weighted by Crippen LogP contribution is -2.27. The normalized spacial score (nSPS) is 18.0. The number of carbonyl (C=O) groups is 1. The minimum atomic E-state index is -0.0387. The van der Waals surface area contributed by atoms with E-state index in [2.05, 4.69) is 27.5 Å². The van der Waals surface area contributed by atoms with Crippen LogP contribution in [0.5, 0.6) is 0 Å². The molecule has 6 nitrogen and oxygen atoms in total. The number of fused-ring (bicyclic) bond motifs is 1. The van der Waals surface area contributed by atoms with Gasteiger partial charge in [0.25, 0.3) is 0 Å². The van der Waals surface area contributed by atoms with E-state index in [1.807, 2.05) is 12.1 Å². The van der Waals surface area contributed by atoms with E-state index >= 15 is 0 Å². The topological polar surface area (TPSA) is 71.3 Å². The van der Waals surface area contributed by atoms with Crippen molar-refractivity contribution in [3.8, 4) is 0 Å². The van der Waals surface area contributed by atoms with E-state index in [0.717, 1.165) is 36.5 Å². The summed E-state index contributed by atoms with van der Waals surface area (Å²) in [6.07, 6.45) is 2.68. The minimum absolute atomic E-state index is 0.0387. The van der Waals surface area contributed by atoms with E-state index in [9.17, 15) is 4.79 Å². The SMILES string of the molecule is Cc1cc(NC(=O)CCN2CCC[C@H]2c2nc3ccccc3s2)no1. The highest BCUT2D eigenvalue weighted by Crippen LogP contribution is 2.36. The quantitative estimate of drug-likeness (QED) is 0.754. The first-order valence-electron chi connectivity index (χ1n) is 8.52. The number of amides is 1. The number of aryl methyl sites for hydroxylation is 1. The van der Waals surface area contributed by atoms with Gasteiger partial charge in [-0.2, -0.15) is 0 Å². The largest absolute Gasteiger partial charge is 0.360 e. The number of nitrogens with one attached hydrogen (secondary N) is 1. The molecule has 1 aromatic carbocycles. The van der Waals surface area contributed by atoms with Crippen molar-refractivity contribution in [2.75, 3.05) is 18.4 Å². The molecule has 4 rings (SSSR count). The molecule has 7 heteroatoms. The van der Waals surface area contributed by atoms with Gasteiger partial charge in [0.1, 0.15) is 10.8 Å². The monoisotopic (exact) mass is 356 g/mol. The molecule has 0 radical (unpaired) electrons. The van der Waals surface area contributed by atoms with Crippen LogP contribution >= 0.6 is 11.3 Å². The first-order valence-corrected chi connectivity index (χ1v) is 9.33. The molecular formula is C18H20N4O2S. The number of carbonyl (C=O) groups excluding carboxylic acids is 1. The van der Waals surface area contributed by atoms with Crippen molar-refractivity contribution in [1.29, 1.82) is 0 Å². The van der Waals surface area contributed by atoms with Crippen molar-refractivity contribution in [3.05, 3.63) is 41.1 Å². The number of nitrogens with zero attached hydrogens (tertiary/aromatic N) is 3. The fourth-order valence-corrected chi connectivity index (χ4v) is 4.42. The van der Waals surface area contributed by atoms with Gasteiger partial charge in [-0.15, -0.1) is 11.3 Å². The zero-order valence-electron chi connectivity index (χ0n) is 14.1. The predicted molar refractivity (Wildman–Crippen MR) is 97.7 cm³/mol. The molecule has 2 aromatic heterocycles. The van der Waals surface area contributed by atoms with Gasteiger partial charge in [0, 0.05) is 19.0 Å². The lowest BCUT2D eigenvalue weighted by molar-refractivity contribution is -0.116. The summed E-state index contributed by atoms with van der Waals surface area (Å²) >= 11 is 1.76. The van der Waals surface area contributed by atoms with Crippen molar-refractivity contribution in [3.63, 3.8) is 0 Å². The first-order chi connectivity index (χ1) is 12.2. The van der Waals surface area contributed by atoms with Crippen molar-refractivity contribution in [2.24, 2.45) is 0 Å². The molecule has 1 aliphatic heterocycles. The Bertz CT molecular complexity index is 855. The molecule has 25 heavy (non-hydrogen) atoms. The summed E-state index contributed by atoms with van der Waals surface area (Å²) < 4.78 is 6.19. The van der Waals surface area contributed by atoms with Crippen LogP contribution in [0, 0.1) is 6.92 Å². The Kier molecular flexibility index (Phi) is 4.50. The predicted octanol–water partition coefficient (Wildman–Crippen LogP) is 3.76. The Morgan fingerprint density at radius 2 is 2.32 bits per heavy atom. The average Bonchev–Trinajstić information content (AvgIpc) is 3.31. The molecular weight excluding hydrogens is 336 g/mol. The number of hydrogen-bond acceptors (Lipinski definition) is 6. The molecule has 1 atom stereocenters. The molecule has 1 N–H and O–H groups in total. The van der Waals surface area contributed by atoms with Gasteiger partial charge in [0.05, 0.1) is 16.3 Å². The number of rotatable bonds is 5. The van der Waals surface area contributed by atoms with Crippen LogP contribution in [-0.2, 0) is 4.79 Å². The smallest absolute Gasteiger partial charge is 0.226 e. The van der Waals surface area contributed by atoms with Crippen molar-refractivity contribution in [1.82, 2.24) is 15.0 Å². The number of likely N-dealkylation sites (tertiary alicyclic amines) is 1. The highest BCUT2D eigenvalue weighted by Gasteiger charge is 2.28. The van der Waals surface area contributed by atoms with Gasteiger partial charge in [0.2, 0.25) is 5.91 Å². The molecule has 1 aliphatic rings. The van der Waals surface area contributed by atoms with Crippen molar-refractivity contribution >= 4 is 33.3 Å². The highest BCUT2D eigenvalue weighted by atomic mass is 32.1. The molecule has 0 saturated carbocycles. The summed E-state index contributed by atoms with van der Waals surface area (Å²) in [5.74, 6) is 1.13. The Morgan fingerprint density at radius 1 is 1.44 bits per heavy atom. The van der Waals surface area contributed by atoms with Crippen LogP contribution in [0.15, 0.2) is 34.9 Å². The van der Waals surface area contributed by atoms with E-state index in [4.69, 9.17) is 9.51 Å². The summed E-state index contributed by atoms with van der Waals surface area (Å²) in [5, 5.41) is 7.73. The maximum absolute atomic E-state index is 12.1. The number of para-hydroxylation sites is 1. The van der Waals surface area contributed by atoms with E-state index in [1.54, 1.807) is 24.3 Å². The third-order valence-electron chi connectivity index (χ3n) is 4.48. The lowest BCUT2D eigenvalue weighted by atomic mass is 10.2. The van der Waals surface area contributed by atoms with Crippen LogP contribution in [-0.4, -0.2) is 34.0 Å². The maximum atomic E-state index is 12.1. The van der Waals surface area contributed by atoms with Crippen molar-refractivity contribution in [2.45, 2.75) is 32.2 Å². The average molecular weight is 356 g/mol. The van der Waals surface area contributed by atoms with Gasteiger partial charge in [-0.05, 0) is 38.4 Å². The molecule has 130 valence electrons. The first kappa shape index (κ1) is 16.2.